The van der Waals surface area contributed by atoms with Crippen molar-refractivity contribution in [1.82, 2.24) is 14.9 Å². The van der Waals surface area contributed by atoms with E-state index in [1.54, 1.807) is 0 Å². The summed E-state index contributed by atoms with van der Waals surface area (Å²) in [5.74, 6) is 1.01. The highest BCUT2D eigenvalue weighted by Gasteiger charge is 2.26. The van der Waals surface area contributed by atoms with Crippen LogP contribution in [0.25, 0.3) is 11.0 Å². The molecule has 1 atom stereocenters. The van der Waals surface area contributed by atoms with Gasteiger partial charge in [-0.2, -0.15) is 0 Å². The summed E-state index contributed by atoms with van der Waals surface area (Å²) < 4.78 is 5.51. The smallest absolute Gasteiger partial charge is 0.129 e. The van der Waals surface area contributed by atoms with Crippen LogP contribution in [0.3, 0.4) is 0 Å². The SMILES string of the molecule is c1ccc(C(c2nc3ccccc3[nH]2)N2CCOCC2)cc1. The normalized spacial score (nSPS) is 17.6. The molecule has 112 valence electrons. The van der Waals surface area contributed by atoms with Gasteiger partial charge < -0.3 is 9.72 Å². The van der Waals surface area contributed by atoms with Gasteiger partial charge in [0.2, 0.25) is 0 Å². The maximum atomic E-state index is 5.51. The second kappa shape index (κ2) is 5.91. The molecule has 4 heteroatoms. The van der Waals surface area contributed by atoms with Gasteiger partial charge in [-0.25, -0.2) is 4.98 Å². The van der Waals surface area contributed by atoms with Crippen LogP contribution in [-0.2, 0) is 4.74 Å². The molecule has 4 nitrogen and oxygen atoms in total. The maximum absolute atomic E-state index is 5.51. The van der Waals surface area contributed by atoms with Crippen molar-refractivity contribution in [2.45, 2.75) is 6.04 Å². The first-order chi connectivity index (χ1) is 10.9. The number of rotatable bonds is 3. The first-order valence-corrected chi connectivity index (χ1v) is 7.73. The third-order valence-corrected chi connectivity index (χ3v) is 4.19. The summed E-state index contributed by atoms with van der Waals surface area (Å²) in [7, 11) is 0. The van der Waals surface area contributed by atoms with Crippen molar-refractivity contribution in [3.05, 3.63) is 66.0 Å². The van der Waals surface area contributed by atoms with E-state index in [0.29, 0.717) is 0 Å². The number of aromatic nitrogens is 2. The Bertz CT molecular complexity index is 714. The molecule has 0 bridgehead atoms. The Morgan fingerprint density at radius 3 is 2.45 bits per heavy atom. The predicted molar refractivity (Wildman–Crippen MR) is 86.8 cm³/mol. The Hall–Kier alpha value is -2.17. The van der Waals surface area contributed by atoms with E-state index in [2.05, 4.69) is 52.3 Å². The highest BCUT2D eigenvalue weighted by molar-refractivity contribution is 5.75. The number of benzene rings is 2. The van der Waals surface area contributed by atoms with E-state index in [1.807, 2.05) is 12.1 Å². The van der Waals surface area contributed by atoms with E-state index in [1.165, 1.54) is 5.56 Å². The Morgan fingerprint density at radius 2 is 1.68 bits per heavy atom. The molecule has 1 saturated heterocycles. The zero-order valence-electron chi connectivity index (χ0n) is 12.4. The lowest BCUT2D eigenvalue weighted by molar-refractivity contribution is 0.0226. The first kappa shape index (κ1) is 13.5. The lowest BCUT2D eigenvalue weighted by atomic mass is 10.0. The molecule has 22 heavy (non-hydrogen) atoms. The molecule has 1 aliphatic rings. The second-order valence-electron chi connectivity index (χ2n) is 5.60. The molecule has 1 aromatic heterocycles. The van der Waals surface area contributed by atoms with Gasteiger partial charge in [0.15, 0.2) is 0 Å². The molecule has 0 saturated carbocycles. The molecule has 2 aromatic carbocycles. The van der Waals surface area contributed by atoms with Gasteiger partial charge in [0.1, 0.15) is 5.82 Å². The van der Waals surface area contributed by atoms with E-state index in [9.17, 15) is 0 Å². The summed E-state index contributed by atoms with van der Waals surface area (Å²) in [4.78, 5) is 10.8. The van der Waals surface area contributed by atoms with Crippen molar-refractivity contribution < 1.29 is 4.74 Å². The molecular weight excluding hydrogens is 274 g/mol. The molecule has 0 spiro atoms. The van der Waals surface area contributed by atoms with Crippen LogP contribution < -0.4 is 0 Å². The minimum atomic E-state index is 0.150. The fraction of sp³-hybridized carbons (Fsp3) is 0.278. The molecule has 1 unspecified atom stereocenters. The number of ether oxygens (including phenoxy) is 1. The topological polar surface area (TPSA) is 41.2 Å². The molecular formula is C18H19N3O. The third kappa shape index (κ3) is 2.51. The number of aromatic amines is 1. The van der Waals surface area contributed by atoms with Gasteiger partial charge in [-0.05, 0) is 17.7 Å². The van der Waals surface area contributed by atoms with Gasteiger partial charge in [-0.3, -0.25) is 4.90 Å². The number of imidazole rings is 1. The molecule has 1 aliphatic heterocycles. The van der Waals surface area contributed by atoms with Crippen LogP contribution in [-0.4, -0.2) is 41.2 Å². The van der Waals surface area contributed by atoms with Crippen molar-refractivity contribution in [3.8, 4) is 0 Å². The van der Waals surface area contributed by atoms with Crippen molar-refractivity contribution in [2.75, 3.05) is 26.3 Å². The Balaban J connectivity index is 1.78. The van der Waals surface area contributed by atoms with Gasteiger partial charge in [0.05, 0.1) is 30.3 Å². The molecule has 0 amide bonds. The molecule has 4 rings (SSSR count). The van der Waals surface area contributed by atoms with Crippen molar-refractivity contribution >= 4 is 11.0 Å². The maximum Gasteiger partial charge on any atom is 0.129 e. The van der Waals surface area contributed by atoms with Crippen LogP contribution in [0.15, 0.2) is 54.6 Å². The molecule has 0 aliphatic carbocycles. The van der Waals surface area contributed by atoms with Crippen molar-refractivity contribution in [3.63, 3.8) is 0 Å². The Kier molecular flexibility index (Phi) is 3.62. The van der Waals surface area contributed by atoms with Crippen molar-refractivity contribution in [1.29, 1.82) is 0 Å². The van der Waals surface area contributed by atoms with Crippen LogP contribution >= 0.6 is 0 Å². The van der Waals surface area contributed by atoms with Gasteiger partial charge in [-0.15, -0.1) is 0 Å². The van der Waals surface area contributed by atoms with Crippen LogP contribution in [0.5, 0.6) is 0 Å². The van der Waals surface area contributed by atoms with Crippen LogP contribution in [0.2, 0.25) is 0 Å². The quantitative estimate of drug-likeness (QED) is 0.807. The number of hydrogen-bond acceptors (Lipinski definition) is 3. The van der Waals surface area contributed by atoms with Gasteiger partial charge in [0, 0.05) is 13.1 Å². The first-order valence-electron chi connectivity index (χ1n) is 7.73. The fourth-order valence-electron chi connectivity index (χ4n) is 3.11. The minimum absolute atomic E-state index is 0.150. The standard InChI is InChI=1S/C18H19N3O/c1-2-6-14(7-3-1)17(21-10-12-22-13-11-21)18-19-15-8-4-5-9-16(15)20-18/h1-9,17H,10-13H2,(H,19,20). The summed E-state index contributed by atoms with van der Waals surface area (Å²) in [6.45, 7) is 3.42. The van der Waals surface area contributed by atoms with Crippen molar-refractivity contribution in [2.24, 2.45) is 0 Å². The molecule has 1 N–H and O–H groups in total. The zero-order valence-corrected chi connectivity index (χ0v) is 12.4. The van der Waals surface area contributed by atoms with E-state index in [4.69, 9.17) is 9.72 Å². The Morgan fingerprint density at radius 1 is 0.955 bits per heavy atom. The summed E-state index contributed by atoms with van der Waals surface area (Å²) in [6, 6.07) is 18.9. The highest BCUT2D eigenvalue weighted by Crippen LogP contribution is 2.28. The zero-order chi connectivity index (χ0) is 14.8. The minimum Gasteiger partial charge on any atom is -0.379 e. The third-order valence-electron chi connectivity index (χ3n) is 4.19. The van der Waals surface area contributed by atoms with Gasteiger partial charge in [0.25, 0.3) is 0 Å². The number of nitrogens with zero attached hydrogens (tertiary/aromatic N) is 2. The molecule has 1 fully saturated rings. The van der Waals surface area contributed by atoms with Crippen LogP contribution in [0, 0.1) is 0 Å². The molecule has 0 radical (unpaired) electrons. The summed E-state index contributed by atoms with van der Waals surface area (Å²) in [5, 5.41) is 0. The second-order valence-corrected chi connectivity index (χ2v) is 5.60. The largest absolute Gasteiger partial charge is 0.379 e. The number of fused-ring (bicyclic) bond motifs is 1. The molecule has 2 heterocycles. The average Bonchev–Trinajstić information content (AvgIpc) is 3.00. The lowest BCUT2D eigenvalue weighted by Gasteiger charge is -2.33. The summed E-state index contributed by atoms with van der Waals surface area (Å²) in [5.41, 5.74) is 3.38. The van der Waals surface area contributed by atoms with Gasteiger partial charge in [-0.1, -0.05) is 42.5 Å². The molecule has 3 aromatic rings. The van der Waals surface area contributed by atoms with E-state index in [0.717, 1.165) is 43.2 Å². The Labute approximate surface area is 129 Å². The number of H-pyrrole nitrogens is 1. The van der Waals surface area contributed by atoms with Gasteiger partial charge >= 0.3 is 0 Å². The van der Waals surface area contributed by atoms with E-state index < -0.39 is 0 Å². The van der Waals surface area contributed by atoms with Crippen LogP contribution in [0.4, 0.5) is 0 Å². The summed E-state index contributed by atoms with van der Waals surface area (Å²) in [6.07, 6.45) is 0. The number of nitrogens with one attached hydrogen (secondary N) is 1. The highest BCUT2D eigenvalue weighted by atomic mass is 16.5. The fourth-order valence-corrected chi connectivity index (χ4v) is 3.11. The lowest BCUT2D eigenvalue weighted by Crippen LogP contribution is -2.39. The number of hydrogen-bond donors (Lipinski definition) is 1. The monoisotopic (exact) mass is 293 g/mol. The van der Waals surface area contributed by atoms with E-state index >= 15 is 0 Å². The van der Waals surface area contributed by atoms with Crippen LogP contribution in [0.1, 0.15) is 17.4 Å². The average molecular weight is 293 g/mol. The predicted octanol–water partition coefficient (Wildman–Crippen LogP) is 2.98. The number of para-hydroxylation sites is 2. The number of morpholine rings is 1. The van der Waals surface area contributed by atoms with E-state index in [-0.39, 0.29) is 6.04 Å². The summed E-state index contributed by atoms with van der Waals surface area (Å²) >= 11 is 0.